The Balaban J connectivity index is 2.19. The molecular weight excluding hydrogens is 396 g/mol. The Morgan fingerprint density at radius 3 is 2.39 bits per heavy atom. The monoisotopic (exact) mass is 424 g/mol. The maximum Gasteiger partial charge on any atom is 0.238 e. The van der Waals surface area contributed by atoms with Gasteiger partial charge in [-0.1, -0.05) is 44.4 Å². The number of aromatic nitrogens is 1. The fraction of sp³-hybridized carbons (Fsp3) is 0.500. The second-order valence-electron chi connectivity index (χ2n) is 6.15. The lowest BCUT2D eigenvalue weighted by Crippen LogP contribution is -2.25. The molecule has 2 aromatic rings. The van der Waals surface area contributed by atoms with E-state index in [2.05, 4.69) is 17.2 Å². The van der Waals surface area contributed by atoms with Crippen molar-refractivity contribution in [3.63, 3.8) is 0 Å². The highest BCUT2D eigenvalue weighted by molar-refractivity contribution is 8.02. The van der Waals surface area contributed by atoms with Gasteiger partial charge in [-0.15, -0.1) is 11.3 Å². The van der Waals surface area contributed by atoms with Crippen LogP contribution >= 0.6 is 23.1 Å². The number of thiazole rings is 1. The molecule has 28 heavy (non-hydrogen) atoms. The van der Waals surface area contributed by atoms with E-state index in [1.807, 2.05) is 5.38 Å². The predicted octanol–water partition coefficient (Wildman–Crippen LogP) is 5.24. The summed E-state index contributed by atoms with van der Waals surface area (Å²) < 4.78 is 17.0. The number of hydrogen-bond donors (Lipinski definition) is 1. The smallest absolute Gasteiger partial charge is 0.238 e. The fourth-order valence-corrected chi connectivity index (χ4v) is 4.64. The second-order valence-corrected chi connectivity index (χ2v) is 8.49. The van der Waals surface area contributed by atoms with E-state index >= 15 is 0 Å². The molecule has 1 N–H and O–H groups in total. The van der Waals surface area contributed by atoms with Crippen LogP contribution in [0.1, 0.15) is 39.0 Å². The number of carbonyl (C=O) groups excluding carboxylic acids is 1. The highest BCUT2D eigenvalue weighted by Crippen LogP contribution is 2.40. The molecule has 154 valence electrons. The van der Waals surface area contributed by atoms with E-state index in [1.165, 1.54) is 18.2 Å². The van der Waals surface area contributed by atoms with Crippen molar-refractivity contribution in [2.45, 2.75) is 48.6 Å². The van der Waals surface area contributed by atoms with Crippen LogP contribution in [0.25, 0.3) is 0 Å². The SMILES string of the molecule is CCCCCCC(Sc1nccs1)C(=O)Nc1c(OC)cc(OC)cc1OC. The Kier molecular flexibility index (Phi) is 9.43. The minimum Gasteiger partial charge on any atom is -0.496 e. The molecule has 8 heteroatoms. The van der Waals surface area contributed by atoms with Crippen LogP contribution in [0.2, 0.25) is 0 Å². The summed E-state index contributed by atoms with van der Waals surface area (Å²) in [5, 5.41) is 4.68. The van der Waals surface area contributed by atoms with Crippen LogP contribution in [0.5, 0.6) is 17.2 Å². The number of benzene rings is 1. The Hall–Kier alpha value is -1.93. The number of nitrogens with one attached hydrogen (secondary N) is 1. The molecule has 0 radical (unpaired) electrons. The standard InChI is InChI=1S/C20H28N2O4S2/c1-5-6-7-8-9-17(28-20-21-10-11-27-20)19(23)22-18-15(25-3)12-14(24-2)13-16(18)26-4/h10-13,17H,5-9H2,1-4H3,(H,22,23). The summed E-state index contributed by atoms with van der Waals surface area (Å²) in [4.78, 5) is 17.4. The van der Waals surface area contributed by atoms with Crippen LogP contribution < -0.4 is 19.5 Å². The fourth-order valence-electron chi connectivity index (χ4n) is 2.72. The van der Waals surface area contributed by atoms with E-state index in [-0.39, 0.29) is 11.2 Å². The Morgan fingerprint density at radius 1 is 1.14 bits per heavy atom. The van der Waals surface area contributed by atoms with Crippen LogP contribution in [0.15, 0.2) is 28.0 Å². The first-order valence-corrected chi connectivity index (χ1v) is 11.1. The zero-order chi connectivity index (χ0) is 20.4. The topological polar surface area (TPSA) is 69.7 Å². The van der Waals surface area contributed by atoms with Gasteiger partial charge in [0.15, 0.2) is 4.34 Å². The number of hydrogen-bond acceptors (Lipinski definition) is 7. The van der Waals surface area contributed by atoms with E-state index in [0.717, 1.165) is 30.0 Å². The Labute approximate surface area is 175 Å². The molecule has 2 rings (SSSR count). The molecule has 0 saturated carbocycles. The number of anilines is 1. The van der Waals surface area contributed by atoms with Gasteiger partial charge in [0.1, 0.15) is 22.9 Å². The molecule has 0 bridgehead atoms. The lowest BCUT2D eigenvalue weighted by atomic mass is 10.1. The summed E-state index contributed by atoms with van der Waals surface area (Å²) in [6.07, 6.45) is 7.01. The van der Waals surface area contributed by atoms with Crippen LogP contribution in [-0.2, 0) is 4.79 Å². The lowest BCUT2D eigenvalue weighted by Gasteiger charge is -2.19. The zero-order valence-corrected chi connectivity index (χ0v) is 18.5. The summed E-state index contributed by atoms with van der Waals surface area (Å²) in [7, 11) is 4.68. The molecule has 0 fully saturated rings. The van der Waals surface area contributed by atoms with Gasteiger partial charge >= 0.3 is 0 Å². The van der Waals surface area contributed by atoms with Gasteiger partial charge in [-0.05, 0) is 6.42 Å². The molecule has 0 spiro atoms. The van der Waals surface area contributed by atoms with Crippen molar-refractivity contribution in [1.29, 1.82) is 0 Å². The van der Waals surface area contributed by atoms with E-state index in [9.17, 15) is 4.79 Å². The van der Waals surface area contributed by atoms with Gasteiger partial charge < -0.3 is 19.5 Å². The molecule has 1 atom stereocenters. The van der Waals surface area contributed by atoms with Crippen molar-refractivity contribution in [2.24, 2.45) is 0 Å². The second kappa shape index (κ2) is 11.8. The molecule has 0 saturated heterocycles. The number of amides is 1. The first kappa shape index (κ1) is 22.4. The maximum atomic E-state index is 13.1. The highest BCUT2D eigenvalue weighted by Gasteiger charge is 2.24. The van der Waals surface area contributed by atoms with Crippen molar-refractivity contribution < 1.29 is 19.0 Å². The van der Waals surface area contributed by atoms with Gasteiger partial charge in [0.25, 0.3) is 0 Å². The van der Waals surface area contributed by atoms with Crippen molar-refractivity contribution in [1.82, 2.24) is 4.98 Å². The third kappa shape index (κ3) is 6.31. The lowest BCUT2D eigenvalue weighted by molar-refractivity contribution is -0.115. The van der Waals surface area contributed by atoms with E-state index < -0.39 is 0 Å². The van der Waals surface area contributed by atoms with Crippen molar-refractivity contribution in [3.8, 4) is 17.2 Å². The molecule has 1 aromatic heterocycles. The zero-order valence-electron chi connectivity index (χ0n) is 16.8. The van der Waals surface area contributed by atoms with Crippen molar-refractivity contribution in [3.05, 3.63) is 23.7 Å². The van der Waals surface area contributed by atoms with Crippen LogP contribution in [0, 0.1) is 0 Å². The molecule has 1 amide bonds. The van der Waals surface area contributed by atoms with Gasteiger partial charge in [-0.3, -0.25) is 4.79 Å². The van der Waals surface area contributed by atoms with Gasteiger partial charge in [0, 0.05) is 23.7 Å². The number of unbranched alkanes of at least 4 members (excludes halogenated alkanes) is 3. The number of nitrogens with zero attached hydrogens (tertiary/aromatic N) is 1. The average molecular weight is 425 g/mol. The predicted molar refractivity (Wildman–Crippen MR) is 115 cm³/mol. The first-order valence-electron chi connectivity index (χ1n) is 9.29. The minimum absolute atomic E-state index is 0.0848. The van der Waals surface area contributed by atoms with Crippen LogP contribution in [-0.4, -0.2) is 37.5 Å². The molecule has 6 nitrogen and oxygen atoms in total. The van der Waals surface area contributed by atoms with E-state index in [0.29, 0.717) is 22.9 Å². The molecule has 0 aliphatic carbocycles. The van der Waals surface area contributed by atoms with Crippen molar-refractivity contribution >= 4 is 34.7 Å². The largest absolute Gasteiger partial charge is 0.496 e. The summed E-state index contributed by atoms with van der Waals surface area (Å²) in [5.41, 5.74) is 0.508. The quantitative estimate of drug-likeness (QED) is 0.371. The Morgan fingerprint density at radius 2 is 1.86 bits per heavy atom. The summed E-state index contributed by atoms with van der Waals surface area (Å²) >= 11 is 3.05. The van der Waals surface area contributed by atoms with Gasteiger partial charge in [0.05, 0.1) is 26.6 Å². The average Bonchev–Trinajstić information content (AvgIpc) is 3.23. The number of carbonyl (C=O) groups is 1. The highest BCUT2D eigenvalue weighted by atomic mass is 32.2. The molecule has 0 aliphatic rings. The van der Waals surface area contributed by atoms with Gasteiger partial charge in [-0.2, -0.15) is 0 Å². The Bertz CT molecular complexity index is 713. The van der Waals surface area contributed by atoms with Gasteiger partial charge in [-0.25, -0.2) is 4.98 Å². The van der Waals surface area contributed by atoms with E-state index in [4.69, 9.17) is 14.2 Å². The number of ether oxygens (including phenoxy) is 3. The van der Waals surface area contributed by atoms with Crippen molar-refractivity contribution in [2.75, 3.05) is 26.6 Å². The minimum atomic E-state index is -0.237. The molecule has 1 unspecified atom stereocenters. The van der Waals surface area contributed by atoms with E-state index in [1.54, 1.807) is 51.0 Å². The molecular formula is C20H28N2O4S2. The summed E-state index contributed by atoms with van der Waals surface area (Å²) in [6, 6.07) is 3.45. The number of methoxy groups -OCH3 is 3. The first-order chi connectivity index (χ1) is 13.6. The third-order valence-electron chi connectivity index (χ3n) is 4.23. The molecule has 1 heterocycles. The number of rotatable bonds is 12. The van der Waals surface area contributed by atoms with Crippen LogP contribution in [0.4, 0.5) is 5.69 Å². The summed E-state index contributed by atoms with van der Waals surface area (Å²) in [5.74, 6) is 1.50. The van der Waals surface area contributed by atoms with Crippen LogP contribution in [0.3, 0.4) is 0 Å². The summed E-state index contributed by atoms with van der Waals surface area (Å²) in [6.45, 7) is 2.18. The molecule has 1 aromatic carbocycles. The normalized spacial score (nSPS) is 11.7. The van der Waals surface area contributed by atoms with Gasteiger partial charge in [0.2, 0.25) is 5.91 Å². The molecule has 0 aliphatic heterocycles. The number of thioether (sulfide) groups is 1. The maximum absolute atomic E-state index is 13.1. The third-order valence-corrected chi connectivity index (χ3v) is 6.41.